The lowest BCUT2D eigenvalue weighted by molar-refractivity contribution is -0.138. The molecule has 1 atom stereocenters. The molecule has 0 N–H and O–H groups in total. The fourth-order valence-electron chi connectivity index (χ4n) is 6.00. The zero-order chi connectivity index (χ0) is 26.5. The third-order valence-electron chi connectivity index (χ3n) is 8.64. The lowest BCUT2D eigenvalue weighted by Gasteiger charge is -2.29. The first-order valence-electron chi connectivity index (χ1n) is 15.4. The topological polar surface area (TPSA) is 26.3 Å². The molecule has 1 aliphatic rings. The quantitative estimate of drug-likeness (QED) is 0.137. The molecule has 2 aromatic carbocycles. The molecule has 1 unspecified atom stereocenters. The van der Waals surface area contributed by atoms with E-state index in [0.717, 1.165) is 48.8 Å². The molecule has 0 heterocycles. The van der Waals surface area contributed by atoms with Crippen LogP contribution in [0.25, 0.3) is 0 Å². The number of ether oxygens (including phenoxy) is 1. The highest BCUT2D eigenvalue weighted by Gasteiger charge is 2.22. The molecule has 204 valence electrons. The number of carbonyl (C=O) groups is 1. The summed E-state index contributed by atoms with van der Waals surface area (Å²) in [5.41, 5.74) is 5.47. The fourth-order valence-corrected chi connectivity index (χ4v) is 6.00. The molecular weight excluding hydrogens is 452 g/mol. The van der Waals surface area contributed by atoms with Crippen LogP contribution in [0.3, 0.4) is 0 Å². The predicted molar refractivity (Wildman–Crippen MR) is 157 cm³/mol. The molecule has 0 saturated heterocycles. The van der Waals surface area contributed by atoms with Crippen molar-refractivity contribution in [2.45, 2.75) is 130 Å². The molecule has 3 rings (SSSR count). The third kappa shape index (κ3) is 9.62. The van der Waals surface area contributed by atoms with Gasteiger partial charge >= 0.3 is 5.97 Å². The second-order valence-electron chi connectivity index (χ2n) is 11.7. The summed E-state index contributed by atoms with van der Waals surface area (Å²) in [6.07, 6.45) is 18.6. The summed E-state index contributed by atoms with van der Waals surface area (Å²) in [4.78, 5) is 12.7. The van der Waals surface area contributed by atoms with Gasteiger partial charge in [0, 0.05) is 0 Å². The van der Waals surface area contributed by atoms with Crippen LogP contribution in [0.5, 0.6) is 5.75 Å². The maximum atomic E-state index is 12.7. The van der Waals surface area contributed by atoms with Gasteiger partial charge in [0.05, 0.1) is 5.92 Å². The van der Waals surface area contributed by atoms with Crippen molar-refractivity contribution in [1.29, 1.82) is 0 Å². The summed E-state index contributed by atoms with van der Waals surface area (Å²) in [7, 11) is 0. The van der Waals surface area contributed by atoms with E-state index < -0.39 is 0 Å². The van der Waals surface area contributed by atoms with Gasteiger partial charge in [0.25, 0.3) is 0 Å². The molecule has 0 aliphatic heterocycles. The minimum atomic E-state index is -0.0930. The molecule has 37 heavy (non-hydrogen) atoms. The average molecular weight is 505 g/mol. The van der Waals surface area contributed by atoms with E-state index in [-0.39, 0.29) is 11.9 Å². The number of benzene rings is 2. The molecule has 0 aromatic heterocycles. The van der Waals surface area contributed by atoms with Crippen molar-refractivity contribution in [2.75, 3.05) is 0 Å². The standard InChI is InChI=1S/C35H52O2/c1-5-7-9-11-14-27(3)35(36)37-34-17-13-12-16-32(34)24-22-30-23-25-33(26-28(30)4)31-20-18-29(19-21-31)15-10-8-6-2/h12-13,16-17,23,25-27,29,31H,5-11,14-15,18-22,24H2,1-4H3/t27?,29-,31-. The average Bonchev–Trinajstić information content (AvgIpc) is 2.91. The predicted octanol–water partition coefficient (Wildman–Crippen LogP) is 10.1. The van der Waals surface area contributed by atoms with E-state index >= 15 is 0 Å². The fraction of sp³-hybridized carbons (Fsp3) is 0.629. The number of esters is 1. The Hall–Kier alpha value is -2.09. The van der Waals surface area contributed by atoms with Gasteiger partial charge in [-0.2, -0.15) is 0 Å². The van der Waals surface area contributed by atoms with E-state index in [4.69, 9.17) is 4.74 Å². The van der Waals surface area contributed by atoms with Crippen molar-refractivity contribution >= 4 is 5.97 Å². The first kappa shape index (κ1) is 29.5. The van der Waals surface area contributed by atoms with Crippen molar-refractivity contribution in [2.24, 2.45) is 11.8 Å². The lowest BCUT2D eigenvalue weighted by atomic mass is 9.76. The van der Waals surface area contributed by atoms with Gasteiger partial charge in [-0.1, -0.05) is 109 Å². The van der Waals surface area contributed by atoms with Crippen LogP contribution in [-0.4, -0.2) is 5.97 Å². The summed E-state index contributed by atoms with van der Waals surface area (Å²) in [5.74, 6) is 2.29. The molecule has 2 heteroatoms. The summed E-state index contributed by atoms with van der Waals surface area (Å²) in [6, 6.07) is 15.3. The smallest absolute Gasteiger partial charge is 0.314 e. The highest BCUT2D eigenvalue weighted by Crippen LogP contribution is 2.38. The molecule has 2 aromatic rings. The maximum absolute atomic E-state index is 12.7. The van der Waals surface area contributed by atoms with Gasteiger partial charge in [-0.25, -0.2) is 0 Å². The van der Waals surface area contributed by atoms with Crippen LogP contribution in [0.1, 0.15) is 132 Å². The van der Waals surface area contributed by atoms with E-state index in [9.17, 15) is 4.79 Å². The number of carbonyl (C=O) groups excluding carboxylic acids is 1. The van der Waals surface area contributed by atoms with Crippen molar-refractivity contribution < 1.29 is 9.53 Å². The minimum Gasteiger partial charge on any atom is -0.426 e. The van der Waals surface area contributed by atoms with E-state index in [1.165, 1.54) is 87.3 Å². The third-order valence-corrected chi connectivity index (χ3v) is 8.64. The van der Waals surface area contributed by atoms with Crippen LogP contribution in [-0.2, 0) is 17.6 Å². The van der Waals surface area contributed by atoms with Crippen LogP contribution >= 0.6 is 0 Å². The largest absolute Gasteiger partial charge is 0.426 e. The monoisotopic (exact) mass is 504 g/mol. The second kappa shape index (κ2) is 16.0. The number of unbranched alkanes of at least 4 members (excludes halogenated alkanes) is 5. The number of hydrogen-bond acceptors (Lipinski definition) is 2. The molecule has 1 fully saturated rings. The Morgan fingerprint density at radius 1 is 0.865 bits per heavy atom. The highest BCUT2D eigenvalue weighted by atomic mass is 16.5. The highest BCUT2D eigenvalue weighted by molar-refractivity contribution is 5.75. The molecular formula is C35H52O2. The van der Waals surface area contributed by atoms with E-state index in [1.807, 2.05) is 19.1 Å². The molecule has 0 spiro atoms. The molecule has 0 amide bonds. The number of aryl methyl sites for hydroxylation is 3. The van der Waals surface area contributed by atoms with E-state index in [2.05, 4.69) is 51.1 Å². The summed E-state index contributed by atoms with van der Waals surface area (Å²) in [6.45, 7) is 8.78. The first-order chi connectivity index (χ1) is 18.0. The van der Waals surface area contributed by atoms with Crippen LogP contribution in [0.15, 0.2) is 42.5 Å². The van der Waals surface area contributed by atoms with Crippen molar-refractivity contribution in [1.82, 2.24) is 0 Å². The second-order valence-corrected chi connectivity index (χ2v) is 11.7. The molecule has 0 radical (unpaired) electrons. The molecule has 0 bridgehead atoms. The zero-order valence-corrected chi connectivity index (χ0v) is 24.2. The first-order valence-corrected chi connectivity index (χ1v) is 15.4. The normalized spacial score (nSPS) is 18.5. The summed E-state index contributed by atoms with van der Waals surface area (Å²) < 4.78 is 5.88. The van der Waals surface area contributed by atoms with Gasteiger partial charge in [0.1, 0.15) is 5.75 Å². The SMILES string of the molecule is CCCCCCC(C)C(=O)Oc1ccccc1CCc1ccc([C@H]2CC[C@H](CCCCC)CC2)cc1C. The summed E-state index contributed by atoms with van der Waals surface area (Å²) >= 11 is 0. The van der Waals surface area contributed by atoms with Crippen LogP contribution in [0.2, 0.25) is 0 Å². The minimum absolute atomic E-state index is 0.0499. The Morgan fingerprint density at radius 3 is 2.30 bits per heavy atom. The molecule has 1 aliphatic carbocycles. The molecule has 2 nitrogen and oxygen atoms in total. The number of hydrogen-bond donors (Lipinski definition) is 0. The van der Waals surface area contributed by atoms with Gasteiger partial charge in [-0.05, 0) is 92.0 Å². The van der Waals surface area contributed by atoms with Crippen molar-refractivity contribution in [3.05, 3.63) is 64.7 Å². The maximum Gasteiger partial charge on any atom is 0.314 e. The van der Waals surface area contributed by atoms with E-state index in [1.54, 1.807) is 0 Å². The van der Waals surface area contributed by atoms with Gasteiger partial charge in [0.15, 0.2) is 0 Å². The number of para-hydroxylation sites is 1. The Balaban J connectivity index is 1.51. The zero-order valence-electron chi connectivity index (χ0n) is 24.2. The number of rotatable bonds is 15. The van der Waals surface area contributed by atoms with E-state index in [0.29, 0.717) is 0 Å². The van der Waals surface area contributed by atoms with Crippen LogP contribution < -0.4 is 4.74 Å². The van der Waals surface area contributed by atoms with Crippen molar-refractivity contribution in [3.8, 4) is 5.75 Å². The Labute approximate surface area is 227 Å². The Morgan fingerprint density at radius 2 is 1.57 bits per heavy atom. The Kier molecular flexibility index (Phi) is 12.7. The van der Waals surface area contributed by atoms with Gasteiger partial charge in [-0.15, -0.1) is 0 Å². The van der Waals surface area contributed by atoms with Gasteiger partial charge in [-0.3, -0.25) is 4.79 Å². The van der Waals surface area contributed by atoms with Gasteiger partial charge in [0.2, 0.25) is 0 Å². The van der Waals surface area contributed by atoms with Crippen LogP contribution in [0, 0.1) is 18.8 Å². The summed E-state index contributed by atoms with van der Waals surface area (Å²) in [5, 5.41) is 0. The molecule has 1 saturated carbocycles. The van der Waals surface area contributed by atoms with Gasteiger partial charge < -0.3 is 4.74 Å². The lowest BCUT2D eigenvalue weighted by Crippen LogP contribution is -2.18. The van der Waals surface area contributed by atoms with Crippen LogP contribution in [0.4, 0.5) is 0 Å². The van der Waals surface area contributed by atoms with Crippen molar-refractivity contribution in [3.63, 3.8) is 0 Å². The Bertz CT molecular complexity index is 938.